The summed E-state index contributed by atoms with van der Waals surface area (Å²) in [5.41, 5.74) is 1.77. The third-order valence-electron chi connectivity index (χ3n) is 4.52. The smallest absolute Gasteiger partial charge is 0.0640 e. The number of nitrogens with zero attached hydrogens (tertiary/aromatic N) is 2. The van der Waals surface area contributed by atoms with E-state index in [1.54, 1.807) is 0 Å². The van der Waals surface area contributed by atoms with Gasteiger partial charge in [-0.1, -0.05) is 13.8 Å². The predicted octanol–water partition coefficient (Wildman–Crippen LogP) is 2.77. The Hall–Kier alpha value is -0.830. The van der Waals surface area contributed by atoms with Crippen molar-refractivity contribution in [3.05, 3.63) is 18.0 Å². The van der Waals surface area contributed by atoms with E-state index < -0.39 is 0 Å². The van der Waals surface area contributed by atoms with Crippen LogP contribution in [-0.2, 0) is 13.5 Å². The first-order valence-corrected chi connectivity index (χ1v) is 7.16. The Morgan fingerprint density at radius 2 is 2.11 bits per heavy atom. The number of likely N-dealkylation sites (N-methyl/N-ethyl adjacent to an activating group) is 1. The van der Waals surface area contributed by atoms with Crippen LogP contribution < -0.4 is 5.32 Å². The van der Waals surface area contributed by atoms with E-state index >= 15 is 0 Å². The van der Waals surface area contributed by atoms with E-state index in [1.165, 1.54) is 31.4 Å². The third kappa shape index (κ3) is 3.35. The third-order valence-corrected chi connectivity index (χ3v) is 4.52. The molecule has 0 saturated heterocycles. The summed E-state index contributed by atoms with van der Waals surface area (Å²) in [5.74, 6) is 0.810. The molecule has 0 spiro atoms. The highest BCUT2D eigenvalue weighted by atomic mass is 15.2. The molecule has 1 N–H and O–H groups in total. The van der Waals surface area contributed by atoms with Crippen LogP contribution >= 0.6 is 0 Å². The summed E-state index contributed by atoms with van der Waals surface area (Å²) in [6.45, 7) is 4.80. The minimum absolute atomic E-state index is 0.555. The molecule has 1 saturated carbocycles. The summed E-state index contributed by atoms with van der Waals surface area (Å²) < 4.78 is 1.89. The van der Waals surface area contributed by atoms with Crippen molar-refractivity contribution >= 4 is 0 Å². The average molecular weight is 249 g/mol. The van der Waals surface area contributed by atoms with Crippen molar-refractivity contribution in [3.8, 4) is 0 Å². The van der Waals surface area contributed by atoms with E-state index in [2.05, 4.69) is 37.4 Å². The quantitative estimate of drug-likeness (QED) is 0.889. The highest BCUT2D eigenvalue weighted by molar-refractivity contribution is 5.02. The van der Waals surface area contributed by atoms with Crippen LogP contribution in [0.15, 0.2) is 12.3 Å². The van der Waals surface area contributed by atoms with Crippen LogP contribution in [0.5, 0.6) is 0 Å². The minimum Gasteiger partial charge on any atom is -0.316 e. The van der Waals surface area contributed by atoms with E-state index in [9.17, 15) is 0 Å². The van der Waals surface area contributed by atoms with Crippen LogP contribution in [0.1, 0.15) is 45.2 Å². The Morgan fingerprint density at radius 1 is 1.44 bits per heavy atom. The van der Waals surface area contributed by atoms with Crippen molar-refractivity contribution in [2.75, 3.05) is 7.05 Å². The van der Waals surface area contributed by atoms with Gasteiger partial charge in [-0.3, -0.25) is 4.68 Å². The number of aromatic nitrogens is 2. The van der Waals surface area contributed by atoms with Crippen LogP contribution in [0.3, 0.4) is 0 Å². The number of nitrogens with one attached hydrogen (secondary N) is 1. The first-order valence-electron chi connectivity index (χ1n) is 7.16. The molecule has 1 aliphatic carbocycles. The molecule has 102 valence electrons. The Balaban J connectivity index is 1.93. The SMILES string of the molecule is CNC(Cc1ccn(C)n1)C1CCC(C)(C)CC1. The highest BCUT2D eigenvalue weighted by Crippen LogP contribution is 2.39. The molecule has 2 rings (SSSR count). The molecule has 3 nitrogen and oxygen atoms in total. The fraction of sp³-hybridized carbons (Fsp3) is 0.800. The molecule has 0 aliphatic heterocycles. The van der Waals surface area contributed by atoms with Crippen LogP contribution in [0.4, 0.5) is 0 Å². The zero-order valence-corrected chi connectivity index (χ0v) is 12.2. The van der Waals surface area contributed by atoms with Crippen LogP contribution in [0.25, 0.3) is 0 Å². The summed E-state index contributed by atoms with van der Waals surface area (Å²) >= 11 is 0. The fourth-order valence-corrected chi connectivity index (χ4v) is 3.13. The molecule has 1 fully saturated rings. The van der Waals surface area contributed by atoms with Gasteiger partial charge < -0.3 is 5.32 Å². The van der Waals surface area contributed by atoms with Gasteiger partial charge in [0.25, 0.3) is 0 Å². The maximum absolute atomic E-state index is 4.50. The largest absolute Gasteiger partial charge is 0.316 e. The lowest BCUT2D eigenvalue weighted by Gasteiger charge is -2.37. The first-order chi connectivity index (χ1) is 8.50. The summed E-state index contributed by atoms with van der Waals surface area (Å²) in [7, 11) is 4.08. The molecular weight excluding hydrogens is 222 g/mol. The van der Waals surface area contributed by atoms with Crippen LogP contribution in [-0.4, -0.2) is 22.9 Å². The second-order valence-electron chi connectivity index (χ2n) is 6.58. The van der Waals surface area contributed by atoms with Crippen LogP contribution in [0.2, 0.25) is 0 Å². The Bertz CT molecular complexity index is 371. The van der Waals surface area contributed by atoms with Crippen molar-refractivity contribution in [2.24, 2.45) is 18.4 Å². The lowest BCUT2D eigenvalue weighted by atomic mass is 9.70. The number of hydrogen-bond donors (Lipinski definition) is 1. The van der Waals surface area contributed by atoms with Gasteiger partial charge in [0.05, 0.1) is 5.69 Å². The van der Waals surface area contributed by atoms with Crippen molar-refractivity contribution in [3.63, 3.8) is 0 Å². The van der Waals surface area contributed by atoms with Crippen molar-refractivity contribution < 1.29 is 0 Å². The Kier molecular flexibility index (Phi) is 4.10. The predicted molar refractivity (Wildman–Crippen MR) is 75.5 cm³/mol. The van der Waals surface area contributed by atoms with Crippen LogP contribution in [0, 0.1) is 11.3 Å². The zero-order chi connectivity index (χ0) is 13.2. The molecule has 0 aromatic carbocycles. The van der Waals surface area contributed by atoms with Crippen molar-refractivity contribution in [1.82, 2.24) is 15.1 Å². The Morgan fingerprint density at radius 3 is 2.61 bits per heavy atom. The van der Waals surface area contributed by atoms with Gasteiger partial charge in [0.1, 0.15) is 0 Å². The van der Waals surface area contributed by atoms with E-state index in [0.717, 1.165) is 12.3 Å². The van der Waals surface area contributed by atoms with Crippen molar-refractivity contribution in [1.29, 1.82) is 0 Å². The average Bonchev–Trinajstić information content (AvgIpc) is 2.72. The molecule has 0 bridgehead atoms. The lowest BCUT2D eigenvalue weighted by molar-refractivity contribution is 0.163. The topological polar surface area (TPSA) is 29.9 Å². The van der Waals surface area contributed by atoms with Gasteiger partial charge in [-0.05, 0) is 50.1 Å². The van der Waals surface area contributed by atoms with Gasteiger partial charge in [0, 0.05) is 25.7 Å². The maximum Gasteiger partial charge on any atom is 0.0640 e. The monoisotopic (exact) mass is 249 g/mol. The molecule has 3 heteroatoms. The fourth-order valence-electron chi connectivity index (χ4n) is 3.13. The van der Waals surface area contributed by atoms with E-state index in [4.69, 9.17) is 0 Å². The maximum atomic E-state index is 4.50. The van der Waals surface area contributed by atoms with E-state index in [0.29, 0.717) is 11.5 Å². The van der Waals surface area contributed by atoms with Gasteiger partial charge in [-0.15, -0.1) is 0 Å². The van der Waals surface area contributed by atoms with Gasteiger partial charge in [-0.2, -0.15) is 5.10 Å². The molecule has 0 radical (unpaired) electrons. The first kappa shape index (κ1) is 13.6. The highest BCUT2D eigenvalue weighted by Gasteiger charge is 2.30. The summed E-state index contributed by atoms with van der Waals surface area (Å²) in [5, 5.41) is 8.01. The van der Waals surface area contributed by atoms with E-state index in [1.807, 2.05) is 17.9 Å². The summed E-state index contributed by atoms with van der Waals surface area (Å²) in [6.07, 6.45) is 8.52. The van der Waals surface area contributed by atoms with Crippen molar-refractivity contribution in [2.45, 2.75) is 52.0 Å². The molecule has 18 heavy (non-hydrogen) atoms. The van der Waals surface area contributed by atoms with E-state index in [-0.39, 0.29) is 0 Å². The molecule has 1 unspecified atom stereocenters. The number of rotatable bonds is 4. The molecule has 1 aliphatic rings. The minimum atomic E-state index is 0.555. The lowest BCUT2D eigenvalue weighted by Crippen LogP contribution is -2.39. The number of hydrogen-bond acceptors (Lipinski definition) is 2. The molecule has 1 aromatic heterocycles. The number of aryl methyl sites for hydroxylation is 1. The second kappa shape index (κ2) is 5.43. The summed E-state index contributed by atoms with van der Waals surface area (Å²) in [4.78, 5) is 0. The summed E-state index contributed by atoms with van der Waals surface area (Å²) in [6, 6.07) is 2.72. The second-order valence-corrected chi connectivity index (χ2v) is 6.58. The molecule has 1 atom stereocenters. The molecule has 1 heterocycles. The Labute approximate surface area is 111 Å². The van der Waals surface area contributed by atoms with Gasteiger partial charge >= 0.3 is 0 Å². The molecular formula is C15H27N3. The van der Waals surface area contributed by atoms with Gasteiger partial charge in [-0.25, -0.2) is 0 Å². The van der Waals surface area contributed by atoms with Gasteiger partial charge in [0.2, 0.25) is 0 Å². The standard InChI is InChI=1S/C15H27N3/c1-15(2)8-5-12(6-9-15)14(16-3)11-13-7-10-18(4)17-13/h7,10,12,14,16H,5-6,8-9,11H2,1-4H3. The molecule has 0 amide bonds. The zero-order valence-electron chi connectivity index (χ0n) is 12.2. The normalized spacial score (nSPS) is 22.0. The van der Waals surface area contributed by atoms with Gasteiger partial charge in [0.15, 0.2) is 0 Å². The molecule has 1 aromatic rings.